The average molecular weight is 273 g/mol. The Morgan fingerprint density at radius 3 is 2.73 bits per heavy atom. The molecule has 0 bridgehead atoms. The van der Waals surface area contributed by atoms with E-state index >= 15 is 0 Å². The van der Waals surface area contributed by atoms with Crippen molar-refractivity contribution in [2.45, 2.75) is 19.6 Å². The summed E-state index contributed by atoms with van der Waals surface area (Å²) in [7, 11) is 1.98. The van der Waals surface area contributed by atoms with E-state index in [1.54, 1.807) is 6.92 Å². The third-order valence-electron chi connectivity index (χ3n) is 2.09. The van der Waals surface area contributed by atoms with Crippen LogP contribution < -0.4 is 5.73 Å². The van der Waals surface area contributed by atoms with Gasteiger partial charge in [-0.25, -0.2) is 0 Å². The molecule has 1 aromatic rings. The lowest BCUT2D eigenvalue weighted by molar-refractivity contribution is 0.138. The summed E-state index contributed by atoms with van der Waals surface area (Å²) in [5.41, 5.74) is 7.58. The number of benzene rings is 1. The van der Waals surface area contributed by atoms with Gasteiger partial charge in [0.1, 0.15) is 0 Å². The molecule has 0 saturated heterocycles. The highest BCUT2D eigenvalue weighted by Gasteiger charge is 2.06. The maximum Gasteiger partial charge on any atom is 0.0639 e. The van der Waals surface area contributed by atoms with E-state index in [0.717, 1.165) is 16.7 Å². The van der Waals surface area contributed by atoms with E-state index in [9.17, 15) is 5.11 Å². The van der Waals surface area contributed by atoms with Gasteiger partial charge in [0.15, 0.2) is 0 Å². The van der Waals surface area contributed by atoms with Crippen molar-refractivity contribution in [2.24, 2.45) is 0 Å². The molecule has 3 nitrogen and oxygen atoms in total. The summed E-state index contributed by atoms with van der Waals surface area (Å²) in [5, 5.41) is 9.24. The van der Waals surface area contributed by atoms with E-state index in [-0.39, 0.29) is 6.10 Å². The first-order valence-corrected chi connectivity index (χ1v) is 5.69. The minimum absolute atomic E-state index is 0.303. The van der Waals surface area contributed by atoms with Crippen molar-refractivity contribution in [3.8, 4) is 0 Å². The maximum absolute atomic E-state index is 9.24. The molecule has 1 aromatic carbocycles. The number of likely N-dealkylation sites (N-methyl/N-ethyl adjacent to an activating group) is 1. The molecule has 1 rings (SSSR count). The predicted octanol–water partition coefficient (Wildman–Crippen LogP) is 1.84. The second-order valence-electron chi connectivity index (χ2n) is 3.90. The minimum atomic E-state index is -0.303. The summed E-state index contributed by atoms with van der Waals surface area (Å²) >= 11 is 3.47. The number of anilines is 1. The molecular weight excluding hydrogens is 256 g/mol. The Morgan fingerprint density at radius 2 is 2.20 bits per heavy atom. The van der Waals surface area contributed by atoms with Crippen LogP contribution in [0, 0.1) is 0 Å². The Labute approximate surface area is 99.0 Å². The molecule has 0 radical (unpaired) electrons. The molecule has 1 atom stereocenters. The molecule has 4 heteroatoms. The van der Waals surface area contributed by atoms with Gasteiger partial charge in [-0.1, -0.05) is 22.0 Å². The molecular formula is C11H17BrN2O. The number of nitrogens with two attached hydrogens (primary N) is 1. The Morgan fingerprint density at radius 1 is 1.53 bits per heavy atom. The molecule has 0 heterocycles. The third kappa shape index (κ3) is 4.20. The molecule has 0 aliphatic carbocycles. The lowest BCUT2D eigenvalue weighted by Gasteiger charge is -2.19. The zero-order valence-electron chi connectivity index (χ0n) is 9.07. The summed E-state index contributed by atoms with van der Waals surface area (Å²) in [5.74, 6) is 0. The van der Waals surface area contributed by atoms with Crippen LogP contribution in [0.4, 0.5) is 5.69 Å². The molecule has 0 saturated carbocycles. The molecule has 3 N–H and O–H groups in total. The first-order chi connectivity index (χ1) is 6.99. The fourth-order valence-electron chi connectivity index (χ4n) is 1.50. The fraction of sp³-hybridized carbons (Fsp3) is 0.455. The van der Waals surface area contributed by atoms with E-state index in [4.69, 9.17) is 5.73 Å². The number of rotatable bonds is 4. The molecule has 0 aliphatic rings. The van der Waals surface area contributed by atoms with Crippen molar-refractivity contribution in [2.75, 3.05) is 19.3 Å². The minimum Gasteiger partial charge on any atom is -0.399 e. The van der Waals surface area contributed by atoms with Gasteiger partial charge in [0.2, 0.25) is 0 Å². The Balaban J connectivity index is 2.64. The highest BCUT2D eigenvalue weighted by Crippen LogP contribution is 2.20. The predicted molar refractivity (Wildman–Crippen MR) is 66.6 cm³/mol. The lowest BCUT2D eigenvalue weighted by Crippen LogP contribution is -2.26. The van der Waals surface area contributed by atoms with E-state index in [0.29, 0.717) is 6.54 Å². The number of halogens is 1. The van der Waals surface area contributed by atoms with Gasteiger partial charge in [-0.15, -0.1) is 0 Å². The number of aliphatic hydroxyl groups excluding tert-OH is 1. The van der Waals surface area contributed by atoms with Crippen molar-refractivity contribution in [1.82, 2.24) is 4.90 Å². The van der Waals surface area contributed by atoms with Crippen LogP contribution >= 0.6 is 15.9 Å². The second kappa shape index (κ2) is 5.49. The van der Waals surface area contributed by atoms with Crippen LogP contribution in [-0.2, 0) is 6.54 Å². The van der Waals surface area contributed by atoms with Crippen molar-refractivity contribution in [3.05, 3.63) is 28.2 Å². The number of aliphatic hydroxyl groups is 1. The monoisotopic (exact) mass is 272 g/mol. The van der Waals surface area contributed by atoms with E-state index < -0.39 is 0 Å². The molecule has 0 aliphatic heterocycles. The summed E-state index contributed by atoms with van der Waals surface area (Å²) in [4.78, 5) is 2.07. The highest BCUT2D eigenvalue weighted by molar-refractivity contribution is 9.10. The largest absolute Gasteiger partial charge is 0.399 e. The number of nitrogens with zero attached hydrogens (tertiary/aromatic N) is 1. The van der Waals surface area contributed by atoms with Gasteiger partial charge < -0.3 is 10.8 Å². The van der Waals surface area contributed by atoms with Gasteiger partial charge in [0.25, 0.3) is 0 Å². The standard InChI is InChI=1S/C11H17BrN2O/c1-8(15)6-14(2)7-9-3-4-10(13)5-11(9)12/h3-5,8,15H,6-7,13H2,1-2H3. The zero-order chi connectivity index (χ0) is 11.4. The normalized spacial score (nSPS) is 13.1. The number of hydrogen-bond acceptors (Lipinski definition) is 3. The summed E-state index contributed by atoms with van der Waals surface area (Å²) in [6.45, 7) is 3.25. The van der Waals surface area contributed by atoms with Gasteiger partial charge in [-0.2, -0.15) is 0 Å². The van der Waals surface area contributed by atoms with Gasteiger partial charge in [0, 0.05) is 23.2 Å². The van der Waals surface area contributed by atoms with Crippen LogP contribution in [-0.4, -0.2) is 29.7 Å². The molecule has 0 fully saturated rings. The summed E-state index contributed by atoms with van der Waals surface area (Å²) < 4.78 is 1.01. The van der Waals surface area contributed by atoms with E-state index in [1.807, 2.05) is 25.2 Å². The Bertz CT molecular complexity index is 328. The van der Waals surface area contributed by atoms with Crippen LogP contribution in [0.2, 0.25) is 0 Å². The smallest absolute Gasteiger partial charge is 0.0639 e. The summed E-state index contributed by atoms with van der Waals surface area (Å²) in [6.07, 6.45) is -0.303. The first-order valence-electron chi connectivity index (χ1n) is 4.89. The quantitative estimate of drug-likeness (QED) is 0.823. The van der Waals surface area contributed by atoms with Gasteiger partial charge in [-0.05, 0) is 31.7 Å². The van der Waals surface area contributed by atoms with E-state index in [1.165, 1.54) is 5.56 Å². The number of hydrogen-bond donors (Lipinski definition) is 2. The lowest BCUT2D eigenvalue weighted by atomic mass is 10.2. The Hall–Kier alpha value is -0.580. The van der Waals surface area contributed by atoms with Crippen LogP contribution in [0.1, 0.15) is 12.5 Å². The van der Waals surface area contributed by atoms with Gasteiger partial charge >= 0.3 is 0 Å². The molecule has 1 unspecified atom stereocenters. The zero-order valence-corrected chi connectivity index (χ0v) is 10.7. The van der Waals surface area contributed by atoms with Crippen LogP contribution in [0.3, 0.4) is 0 Å². The van der Waals surface area contributed by atoms with E-state index in [2.05, 4.69) is 20.8 Å². The average Bonchev–Trinajstić information content (AvgIpc) is 2.08. The summed E-state index contributed by atoms with van der Waals surface area (Å²) in [6, 6.07) is 5.78. The van der Waals surface area contributed by atoms with Crippen molar-refractivity contribution >= 4 is 21.6 Å². The molecule has 84 valence electrons. The first kappa shape index (κ1) is 12.5. The molecule has 0 amide bonds. The Kier molecular flexibility index (Phi) is 4.57. The molecule has 0 spiro atoms. The SMILES string of the molecule is CC(O)CN(C)Cc1ccc(N)cc1Br. The van der Waals surface area contributed by atoms with Crippen molar-refractivity contribution < 1.29 is 5.11 Å². The van der Waals surface area contributed by atoms with Crippen LogP contribution in [0.25, 0.3) is 0 Å². The number of nitrogen functional groups attached to an aromatic ring is 1. The third-order valence-corrected chi connectivity index (χ3v) is 2.83. The highest BCUT2D eigenvalue weighted by atomic mass is 79.9. The van der Waals surface area contributed by atoms with Crippen molar-refractivity contribution in [3.63, 3.8) is 0 Å². The molecule has 15 heavy (non-hydrogen) atoms. The van der Waals surface area contributed by atoms with Gasteiger partial charge in [0.05, 0.1) is 6.10 Å². The van der Waals surface area contributed by atoms with Gasteiger partial charge in [-0.3, -0.25) is 4.90 Å². The topological polar surface area (TPSA) is 49.5 Å². The van der Waals surface area contributed by atoms with Crippen LogP contribution in [0.5, 0.6) is 0 Å². The van der Waals surface area contributed by atoms with Crippen molar-refractivity contribution in [1.29, 1.82) is 0 Å². The maximum atomic E-state index is 9.24. The fourth-order valence-corrected chi connectivity index (χ4v) is 2.02. The second-order valence-corrected chi connectivity index (χ2v) is 4.75. The van der Waals surface area contributed by atoms with Crippen LogP contribution in [0.15, 0.2) is 22.7 Å². The molecule has 0 aromatic heterocycles.